The molecule has 1 aromatic carbocycles. The Morgan fingerprint density at radius 2 is 2.30 bits per heavy atom. The minimum atomic E-state index is -0.871. The highest BCUT2D eigenvalue weighted by atomic mass is 19.1. The average molecular weight is 283 g/mol. The van der Waals surface area contributed by atoms with E-state index in [1.165, 1.54) is 0 Å². The van der Waals surface area contributed by atoms with Gasteiger partial charge in [-0.05, 0) is 19.1 Å². The van der Waals surface area contributed by atoms with Crippen LogP contribution in [0.3, 0.4) is 0 Å². The number of benzene rings is 1. The summed E-state index contributed by atoms with van der Waals surface area (Å²) in [6.45, 7) is 1.24. The fraction of sp³-hybridized carbons (Fsp3) is 0.273. The number of nitrogens with zero attached hydrogens (tertiary/aromatic N) is 3. The van der Waals surface area contributed by atoms with Gasteiger partial charge in [0.15, 0.2) is 24.0 Å². The van der Waals surface area contributed by atoms with Crippen LogP contribution in [0.5, 0.6) is 5.75 Å². The van der Waals surface area contributed by atoms with Crippen LogP contribution in [-0.2, 0) is 4.79 Å². The Bertz CT molecular complexity index is 591. The molecule has 9 heteroatoms. The number of hydrogen-bond donors (Lipinski definition) is 2. The first-order valence-corrected chi connectivity index (χ1v) is 5.67. The monoisotopic (exact) mass is 283 g/mol. The van der Waals surface area contributed by atoms with Crippen molar-refractivity contribution in [2.24, 2.45) is 0 Å². The lowest BCUT2D eigenvalue weighted by atomic mass is 10.3. The summed E-state index contributed by atoms with van der Waals surface area (Å²) in [5.41, 5.74) is 0. The lowest BCUT2D eigenvalue weighted by Gasteiger charge is -2.11. The van der Waals surface area contributed by atoms with Crippen molar-refractivity contribution >= 4 is 5.91 Å². The summed E-state index contributed by atoms with van der Waals surface area (Å²) in [4.78, 5) is 11.6. The van der Waals surface area contributed by atoms with Crippen molar-refractivity contribution in [2.75, 3.05) is 6.61 Å². The smallest absolute Gasteiger partial charge is 0.258 e. The summed E-state index contributed by atoms with van der Waals surface area (Å²) in [5.74, 6) is -1.97. The topological polar surface area (TPSA) is 92.8 Å². The average Bonchev–Trinajstić information content (AvgIpc) is 2.91. The molecule has 2 N–H and O–H groups in total. The molecule has 2 aromatic rings. The van der Waals surface area contributed by atoms with E-state index in [-0.39, 0.29) is 5.75 Å². The maximum Gasteiger partial charge on any atom is 0.258 e. The Kier molecular flexibility index (Phi) is 4.18. The van der Waals surface area contributed by atoms with E-state index in [1.807, 2.05) is 0 Å². The number of tetrazole rings is 1. The number of halogens is 2. The van der Waals surface area contributed by atoms with Gasteiger partial charge in [0.2, 0.25) is 0 Å². The molecule has 1 amide bonds. The van der Waals surface area contributed by atoms with Crippen LogP contribution in [0.15, 0.2) is 18.2 Å². The number of H-pyrrole nitrogens is 1. The highest BCUT2D eigenvalue weighted by molar-refractivity contribution is 5.77. The van der Waals surface area contributed by atoms with Crippen LogP contribution in [0.4, 0.5) is 8.78 Å². The third-order valence-corrected chi connectivity index (χ3v) is 2.38. The van der Waals surface area contributed by atoms with Crippen molar-refractivity contribution in [2.45, 2.75) is 13.0 Å². The molecule has 0 aliphatic heterocycles. The minimum Gasteiger partial charge on any atom is -0.481 e. The molecule has 1 unspecified atom stereocenters. The number of aromatic amines is 1. The fourth-order valence-electron chi connectivity index (χ4n) is 1.44. The van der Waals surface area contributed by atoms with Crippen molar-refractivity contribution in [3.63, 3.8) is 0 Å². The molecule has 2 rings (SSSR count). The Hall–Kier alpha value is -2.58. The number of rotatable bonds is 5. The zero-order chi connectivity index (χ0) is 14.5. The van der Waals surface area contributed by atoms with Gasteiger partial charge in [-0.25, -0.2) is 8.78 Å². The molecule has 0 spiro atoms. The molecule has 0 fully saturated rings. The molecular weight excluding hydrogens is 272 g/mol. The molecule has 0 bridgehead atoms. The Morgan fingerprint density at radius 1 is 1.50 bits per heavy atom. The first-order chi connectivity index (χ1) is 9.56. The molecule has 1 aromatic heterocycles. The summed E-state index contributed by atoms with van der Waals surface area (Å²) in [7, 11) is 0. The van der Waals surface area contributed by atoms with E-state index in [4.69, 9.17) is 4.74 Å². The minimum absolute atomic E-state index is 0.200. The molecule has 1 atom stereocenters. The normalized spacial score (nSPS) is 11.9. The number of carbonyl (C=O) groups is 1. The van der Waals surface area contributed by atoms with Gasteiger partial charge in [0.1, 0.15) is 5.82 Å². The Morgan fingerprint density at radius 3 is 2.95 bits per heavy atom. The van der Waals surface area contributed by atoms with Gasteiger partial charge in [-0.1, -0.05) is 5.21 Å². The van der Waals surface area contributed by atoms with E-state index in [9.17, 15) is 13.6 Å². The molecule has 0 aliphatic carbocycles. The van der Waals surface area contributed by atoms with E-state index in [0.717, 1.165) is 12.1 Å². The third kappa shape index (κ3) is 3.46. The van der Waals surface area contributed by atoms with Crippen molar-refractivity contribution in [3.8, 4) is 5.75 Å². The predicted molar refractivity (Wildman–Crippen MR) is 62.6 cm³/mol. The Balaban J connectivity index is 1.86. The van der Waals surface area contributed by atoms with Gasteiger partial charge >= 0.3 is 0 Å². The van der Waals surface area contributed by atoms with Crippen LogP contribution in [0, 0.1) is 11.6 Å². The highest BCUT2D eigenvalue weighted by Gasteiger charge is 2.14. The van der Waals surface area contributed by atoms with Gasteiger partial charge in [0, 0.05) is 6.07 Å². The van der Waals surface area contributed by atoms with Crippen LogP contribution >= 0.6 is 0 Å². The van der Waals surface area contributed by atoms with Crippen LogP contribution in [-0.4, -0.2) is 33.1 Å². The molecule has 106 valence electrons. The number of aromatic nitrogens is 4. The summed E-state index contributed by atoms with van der Waals surface area (Å²) in [6.07, 6.45) is 0. The quantitative estimate of drug-likeness (QED) is 0.844. The number of carbonyl (C=O) groups excluding carboxylic acids is 1. The summed E-state index contributed by atoms with van der Waals surface area (Å²) < 4.78 is 30.9. The second kappa shape index (κ2) is 6.04. The maximum atomic E-state index is 13.3. The molecule has 7 nitrogen and oxygen atoms in total. The molecule has 0 saturated heterocycles. The fourth-order valence-corrected chi connectivity index (χ4v) is 1.44. The summed E-state index contributed by atoms with van der Waals surface area (Å²) in [6, 6.07) is 2.36. The van der Waals surface area contributed by atoms with Crippen molar-refractivity contribution in [1.29, 1.82) is 0 Å². The molecule has 0 aliphatic rings. The first kappa shape index (κ1) is 13.8. The number of ether oxygens (including phenoxy) is 1. The molecular formula is C11H11F2N5O2. The van der Waals surface area contributed by atoms with Crippen molar-refractivity contribution in [3.05, 3.63) is 35.7 Å². The van der Waals surface area contributed by atoms with Crippen LogP contribution in [0.1, 0.15) is 18.8 Å². The predicted octanol–water partition coefficient (Wildman–Crippen LogP) is 0.734. The SMILES string of the molecule is CC(NC(=O)COc1ccc(F)cc1F)c1nn[nH]n1. The molecule has 1 heterocycles. The number of amides is 1. The van der Waals surface area contributed by atoms with Crippen LogP contribution in [0.2, 0.25) is 0 Å². The van der Waals surface area contributed by atoms with Crippen molar-refractivity contribution in [1.82, 2.24) is 25.9 Å². The van der Waals surface area contributed by atoms with E-state index in [1.54, 1.807) is 6.92 Å². The van der Waals surface area contributed by atoms with E-state index in [2.05, 4.69) is 25.9 Å². The maximum absolute atomic E-state index is 13.3. The lowest BCUT2D eigenvalue weighted by Crippen LogP contribution is -2.31. The zero-order valence-electron chi connectivity index (χ0n) is 10.4. The van der Waals surface area contributed by atoms with Crippen molar-refractivity contribution < 1.29 is 18.3 Å². The molecule has 0 saturated carbocycles. The van der Waals surface area contributed by atoms with Crippen LogP contribution < -0.4 is 10.1 Å². The van der Waals surface area contributed by atoms with E-state index < -0.39 is 30.2 Å². The number of nitrogens with one attached hydrogen (secondary N) is 2. The largest absolute Gasteiger partial charge is 0.481 e. The van der Waals surface area contributed by atoms with Gasteiger partial charge in [-0.3, -0.25) is 4.79 Å². The zero-order valence-corrected chi connectivity index (χ0v) is 10.4. The second-order valence-electron chi connectivity index (χ2n) is 3.92. The standard InChI is InChI=1S/C11H11F2N5O2/c1-6(11-15-17-18-16-11)14-10(19)5-20-9-3-2-7(12)4-8(9)13/h2-4,6H,5H2,1H3,(H,14,19)(H,15,16,17,18). The van der Waals surface area contributed by atoms with Gasteiger partial charge in [0.25, 0.3) is 5.91 Å². The van der Waals surface area contributed by atoms with Crippen LogP contribution in [0.25, 0.3) is 0 Å². The summed E-state index contributed by atoms with van der Waals surface area (Å²) >= 11 is 0. The van der Waals surface area contributed by atoms with E-state index in [0.29, 0.717) is 11.9 Å². The van der Waals surface area contributed by atoms with Gasteiger partial charge in [-0.2, -0.15) is 5.21 Å². The van der Waals surface area contributed by atoms with Gasteiger partial charge < -0.3 is 10.1 Å². The second-order valence-corrected chi connectivity index (χ2v) is 3.92. The Labute approximate surface area is 112 Å². The highest BCUT2D eigenvalue weighted by Crippen LogP contribution is 2.17. The molecule has 20 heavy (non-hydrogen) atoms. The van der Waals surface area contributed by atoms with E-state index >= 15 is 0 Å². The van der Waals surface area contributed by atoms with Gasteiger partial charge in [-0.15, -0.1) is 10.2 Å². The summed E-state index contributed by atoms with van der Waals surface area (Å²) in [5, 5.41) is 15.6. The lowest BCUT2D eigenvalue weighted by molar-refractivity contribution is -0.123. The molecule has 0 radical (unpaired) electrons. The van der Waals surface area contributed by atoms with Gasteiger partial charge in [0.05, 0.1) is 6.04 Å². The number of hydrogen-bond acceptors (Lipinski definition) is 5. The first-order valence-electron chi connectivity index (χ1n) is 5.67. The third-order valence-electron chi connectivity index (χ3n) is 2.38.